The van der Waals surface area contributed by atoms with Gasteiger partial charge in [-0.2, -0.15) is 5.26 Å². The second-order valence-corrected chi connectivity index (χ2v) is 7.11. The maximum absolute atomic E-state index is 13.0. The average molecular weight is 405 g/mol. The van der Waals surface area contributed by atoms with Crippen molar-refractivity contribution in [3.05, 3.63) is 94.9 Å². The van der Waals surface area contributed by atoms with Gasteiger partial charge in [0, 0.05) is 12.2 Å². The summed E-state index contributed by atoms with van der Waals surface area (Å²) in [6.45, 7) is 4.94. The molecule has 0 saturated heterocycles. The van der Waals surface area contributed by atoms with Crippen molar-refractivity contribution in [1.82, 2.24) is 10.3 Å². The van der Waals surface area contributed by atoms with Crippen LogP contribution in [0.4, 0.5) is 10.2 Å². The largest absolute Gasteiger partial charge is 0.383 e. The minimum absolute atomic E-state index is 0.198. The Kier molecular flexibility index (Phi) is 9.50. The molecule has 1 heterocycles. The summed E-state index contributed by atoms with van der Waals surface area (Å²) in [7, 11) is 0. The predicted octanol–water partition coefficient (Wildman–Crippen LogP) is 5.34. The van der Waals surface area contributed by atoms with Crippen LogP contribution in [0.2, 0.25) is 0 Å². The zero-order valence-corrected chi connectivity index (χ0v) is 17.6. The van der Waals surface area contributed by atoms with Crippen molar-refractivity contribution in [1.29, 1.82) is 5.26 Å². The molecule has 4 nitrogen and oxygen atoms in total. The van der Waals surface area contributed by atoms with E-state index >= 15 is 0 Å². The minimum Gasteiger partial charge on any atom is -0.383 e. The van der Waals surface area contributed by atoms with E-state index in [-0.39, 0.29) is 11.9 Å². The van der Waals surface area contributed by atoms with Gasteiger partial charge in [-0.1, -0.05) is 43.7 Å². The Morgan fingerprint density at radius 2 is 1.80 bits per heavy atom. The third-order valence-corrected chi connectivity index (χ3v) is 4.79. The second kappa shape index (κ2) is 12.4. The Hall–Kier alpha value is -3.23. The molecule has 30 heavy (non-hydrogen) atoms. The van der Waals surface area contributed by atoms with Crippen LogP contribution >= 0.6 is 0 Å². The maximum atomic E-state index is 13.0. The monoisotopic (exact) mass is 404 g/mol. The van der Waals surface area contributed by atoms with E-state index in [0.717, 1.165) is 36.9 Å². The van der Waals surface area contributed by atoms with Gasteiger partial charge in [0.15, 0.2) is 0 Å². The summed E-state index contributed by atoms with van der Waals surface area (Å²) >= 11 is 0. The molecule has 2 aromatic carbocycles. The number of benzene rings is 2. The highest BCUT2D eigenvalue weighted by Crippen LogP contribution is 2.19. The van der Waals surface area contributed by atoms with E-state index < -0.39 is 0 Å². The SMILES string of the molecule is CCCC(NCCc1ccc(C#N)cc1)c1ccc(F)cc1.Cc1cccnc1N. The molecular weight excluding hydrogens is 375 g/mol. The van der Waals surface area contributed by atoms with Crippen molar-refractivity contribution in [2.45, 2.75) is 39.2 Å². The first-order chi connectivity index (χ1) is 14.5. The van der Waals surface area contributed by atoms with Crippen molar-refractivity contribution >= 4 is 5.82 Å². The van der Waals surface area contributed by atoms with E-state index in [2.05, 4.69) is 23.3 Å². The standard InChI is InChI=1S/C19H21FN2.C6H8N2/c1-2-3-19(17-8-10-18(20)11-9-17)22-13-12-15-4-6-16(14-21)7-5-15;1-5-3-2-4-8-6(5)7/h4-11,19,22H,2-3,12-13H2,1H3;2-4H,1H3,(H2,7,8). The average Bonchev–Trinajstić information content (AvgIpc) is 2.77. The molecular formula is C25H29FN4. The lowest BCUT2D eigenvalue weighted by Gasteiger charge is -2.18. The summed E-state index contributed by atoms with van der Waals surface area (Å²) < 4.78 is 13.0. The molecule has 0 spiro atoms. The molecule has 0 aliphatic heterocycles. The quantitative estimate of drug-likeness (QED) is 0.557. The zero-order chi connectivity index (χ0) is 21.8. The van der Waals surface area contributed by atoms with Crippen molar-refractivity contribution in [3.8, 4) is 6.07 Å². The Bertz CT molecular complexity index is 910. The molecule has 0 aliphatic carbocycles. The first-order valence-corrected chi connectivity index (χ1v) is 10.2. The Balaban J connectivity index is 0.000000335. The lowest BCUT2D eigenvalue weighted by molar-refractivity contribution is 0.496. The van der Waals surface area contributed by atoms with Crippen LogP contribution in [0.3, 0.4) is 0 Å². The fourth-order valence-electron chi connectivity index (χ4n) is 3.00. The molecule has 0 bridgehead atoms. The number of hydrogen-bond acceptors (Lipinski definition) is 4. The molecule has 1 unspecified atom stereocenters. The smallest absolute Gasteiger partial charge is 0.126 e. The van der Waals surface area contributed by atoms with Crippen molar-refractivity contribution in [3.63, 3.8) is 0 Å². The third kappa shape index (κ3) is 7.65. The summed E-state index contributed by atoms with van der Waals surface area (Å²) in [6, 6.07) is 20.6. The Morgan fingerprint density at radius 3 is 2.33 bits per heavy atom. The molecule has 5 heteroatoms. The fraction of sp³-hybridized carbons (Fsp3) is 0.280. The molecule has 1 aromatic heterocycles. The van der Waals surface area contributed by atoms with Gasteiger partial charge in [0.05, 0.1) is 11.6 Å². The van der Waals surface area contributed by atoms with Crippen LogP contribution in [0.25, 0.3) is 0 Å². The molecule has 3 rings (SSSR count). The molecule has 1 atom stereocenters. The number of anilines is 1. The molecule has 0 fully saturated rings. The van der Waals surface area contributed by atoms with E-state index in [1.807, 2.05) is 55.5 Å². The summed E-state index contributed by atoms with van der Waals surface area (Å²) in [5.74, 6) is 0.420. The molecule has 3 N–H and O–H groups in total. The van der Waals surface area contributed by atoms with Crippen LogP contribution in [0.1, 0.15) is 48.1 Å². The lowest BCUT2D eigenvalue weighted by Crippen LogP contribution is -2.23. The van der Waals surface area contributed by atoms with Gasteiger partial charge in [-0.3, -0.25) is 0 Å². The van der Waals surface area contributed by atoms with E-state index in [9.17, 15) is 4.39 Å². The summed E-state index contributed by atoms with van der Waals surface area (Å²) in [4.78, 5) is 3.86. The third-order valence-electron chi connectivity index (χ3n) is 4.79. The van der Waals surface area contributed by atoms with Crippen molar-refractivity contribution in [2.75, 3.05) is 12.3 Å². The Labute approximate surface area is 178 Å². The molecule has 0 radical (unpaired) electrons. The highest BCUT2D eigenvalue weighted by Gasteiger charge is 2.09. The number of nitrogens with one attached hydrogen (secondary N) is 1. The number of nitrogen functional groups attached to an aromatic ring is 1. The van der Waals surface area contributed by atoms with Gasteiger partial charge < -0.3 is 11.1 Å². The zero-order valence-electron chi connectivity index (χ0n) is 17.6. The van der Waals surface area contributed by atoms with Crippen LogP contribution in [-0.4, -0.2) is 11.5 Å². The van der Waals surface area contributed by atoms with E-state index in [1.165, 1.54) is 17.7 Å². The number of rotatable bonds is 7. The second-order valence-electron chi connectivity index (χ2n) is 7.11. The van der Waals surface area contributed by atoms with Gasteiger partial charge in [0.1, 0.15) is 11.6 Å². The number of halogens is 1. The summed E-state index contributed by atoms with van der Waals surface area (Å²) in [5.41, 5.74) is 9.47. The number of nitriles is 1. The van der Waals surface area contributed by atoms with Gasteiger partial charge in [0.2, 0.25) is 0 Å². The van der Waals surface area contributed by atoms with Gasteiger partial charge in [-0.15, -0.1) is 0 Å². The predicted molar refractivity (Wildman–Crippen MR) is 120 cm³/mol. The van der Waals surface area contributed by atoms with Crippen molar-refractivity contribution < 1.29 is 4.39 Å². The molecule has 0 aliphatic rings. The highest BCUT2D eigenvalue weighted by atomic mass is 19.1. The number of aromatic nitrogens is 1. The van der Waals surface area contributed by atoms with Crippen LogP contribution in [-0.2, 0) is 6.42 Å². The molecule has 3 aromatic rings. The number of aryl methyl sites for hydroxylation is 1. The van der Waals surface area contributed by atoms with Crippen LogP contribution < -0.4 is 11.1 Å². The van der Waals surface area contributed by atoms with Gasteiger partial charge in [-0.25, -0.2) is 9.37 Å². The summed E-state index contributed by atoms with van der Waals surface area (Å²) in [6.07, 6.45) is 4.69. The Morgan fingerprint density at radius 1 is 1.10 bits per heavy atom. The van der Waals surface area contributed by atoms with Gasteiger partial charge in [0.25, 0.3) is 0 Å². The number of nitrogens with two attached hydrogens (primary N) is 1. The normalized spacial score (nSPS) is 11.1. The number of nitrogens with zero attached hydrogens (tertiary/aromatic N) is 2. The van der Waals surface area contributed by atoms with Crippen LogP contribution in [0, 0.1) is 24.1 Å². The topological polar surface area (TPSA) is 74.7 Å². The highest BCUT2D eigenvalue weighted by molar-refractivity contribution is 5.36. The van der Waals surface area contributed by atoms with Crippen LogP contribution in [0.15, 0.2) is 66.9 Å². The van der Waals surface area contributed by atoms with Gasteiger partial charge in [-0.05, 0) is 73.3 Å². The maximum Gasteiger partial charge on any atom is 0.126 e. The molecule has 0 amide bonds. The summed E-state index contributed by atoms with van der Waals surface area (Å²) in [5, 5.41) is 12.3. The van der Waals surface area contributed by atoms with Gasteiger partial charge >= 0.3 is 0 Å². The number of pyridine rings is 1. The van der Waals surface area contributed by atoms with Crippen LogP contribution in [0.5, 0.6) is 0 Å². The van der Waals surface area contributed by atoms with E-state index in [0.29, 0.717) is 11.4 Å². The number of hydrogen-bond donors (Lipinski definition) is 2. The lowest BCUT2D eigenvalue weighted by atomic mass is 10.0. The fourth-order valence-corrected chi connectivity index (χ4v) is 3.00. The van der Waals surface area contributed by atoms with E-state index in [1.54, 1.807) is 6.20 Å². The molecule has 156 valence electrons. The first kappa shape index (κ1) is 23.1. The first-order valence-electron chi connectivity index (χ1n) is 10.2. The van der Waals surface area contributed by atoms with Crippen molar-refractivity contribution in [2.24, 2.45) is 0 Å². The minimum atomic E-state index is -0.198. The molecule has 0 saturated carbocycles. The van der Waals surface area contributed by atoms with E-state index in [4.69, 9.17) is 11.0 Å².